The zero-order valence-electron chi connectivity index (χ0n) is 28.3. The van der Waals surface area contributed by atoms with Crippen LogP contribution in [0.3, 0.4) is 0 Å². The molecule has 0 spiro atoms. The lowest BCUT2D eigenvalue weighted by Gasteiger charge is -2.16. The molecule has 7 rings (SSSR count). The molecular formula is C41H21F12N3. The van der Waals surface area contributed by atoms with Crippen molar-refractivity contribution in [3.8, 4) is 45.1 Å². The van der Waals surface area contributed by atoms with Crippen molar-refractivity contribution in [3.63, 3.8) is 0 Å². The standard InChI is InChI=1S/C41H21F12N3/c1-21-10-32(22-6-8-55-9-7-22)27(20-54)17-37(21)56-35-4-2-23(25-11-28(38(42,43)44)18-29(12-25)39(45,46)47)15-33(35)34-16-24(3-5-36(34)56)26-13-30(40(48,49)50)19-31(14-26)41(51,52)53/h2-19H,1H3. The van der Waals surface area contributed by atoms with Gasteiger partial charge in [0.05, 0.1) is 50.6 Å². The van der Waals surface area contributed by atoms with Gasteiger partial charge in [-0.2, -0.15) is 57.9 Å². The van der Waals surface area contributed by atoms with Crippen molar-refractivity contribution in [2.75, 3.05) is 0 Å². The summed E-state index contributed by atoms with van der Waals surface area (Å²) >= 11 is 0. The fraction of sp³-hybridized carbons (Fsp3) is 0.122. The number of benzene rings is 5. The second-order valence-corrected chi connectivity index (χ2v) is 12.9. The van der Waals surface area contributed by atoms with Gasteiger partial charge in [0.15, 0.2) is 0 Å². The molecule has 2 aromatic heterocycles. The molecule has 2 heterocycles. The second kappa shape index (κ2) is 13.2. The van der Waals surface area contributed by atoms with E-state index in [1.54, 1.807) is 35.8 Å². The number of pyridine rings is 1. The van der Waals surface area contributed by atoms with Crippen LogP contribution in [0.15, 0.2) is 109 Å². The molecule has 0 amide bonds. The van der Waals surface area contributed by atoms with Gasteiger partial charge in [-0.25, -0.2) is 0 Å². The van der Waals surface area contributed by atoms with Crippen LogP contribution in [0.25, 0.3) is 60.9 Å². The number of aromatic nitrogens is 2. The number of rotatable bonds is 4. The summed E-state index contributed by atoms with van der Waals surface area (Å²) in [5.74, 6) is 0. The van der Waals surface area contributed by atoms with Crippen molar-refractivity contribution in [2.45, 2.75) is 31.6 Å². The predicted octanol–water partition coefficient (Wildman–Crippen LogP) is 13.4. The highest BCUT2D eigenvalue weighted by molar-refractivity contribution is 6.12. The molecule has 0 radical (unpaired) electrons. The third-order valence-electron chi connectivity index (χ3n) is 9.30. The summed E-state index contributed by atoms with van der Waals surface area (Å²) in [6.45, 7) is 1.73. The zero-order chi connectivity index (χ0) is 40.5. The maximum Gasteiger partial charge on any atom is 0.416 e. The quantitative estimate of drug-likeness (QED) is 0.167. The van der Waals surface area contributed by atoms with Crippen molar-refractivity contribution in [2.24, 2.45) is 0 Å². The Labute approximate surface area is 308 Å². The van der Waals surface area contributed by atoms with Gasteiger partial charge in [-0.15, -0.1) is 0 Å². The van der Waals surface area contributed by atoms with Crippen molar-refractivity contribution in [1.82, 2.24) is 9.55 Å². The van der Waals surface area contributed by atoms with Crippen LogP contribution in [-0.2, 0) is 24.7 Å². The topological polar surface area (TPSA) is 41.6 Å². The summed E-state index contributed by atoms with van der Waals surface area (Å²) in [5.41, 5.74) is -4.29. The Balaban J connectivity index is 1.54. The second-order valence-electron chi connectivity index (χ2n) is 12.9. The number of nitrogens with zero attached hydrogens (tertiary/aromatic N) is 3. The summed E-state index contributed by atoms with van der Waals surface area (Å²) < 4.78 is 167. The minimum atomic E-state index is -5.15. The number of hydrogen-bond acceptors (Lipinski definition) is 2. The molecule has 56 heavy (non-hydrogen) atoms. The van der Waals surface area contributed by atoms with Crippen LogP contribution in [0.5, 0.6) is 0 Å². The summed E-state index contributed by atoms with van der Waals surface area (Å²) in [7, 11) is 0. The fourth-order valence-corrected chi connectivity index (χ4v) is 6.69. The van der Waals surface area contributed by atoms with Crippen molar-refractivity contribution < 1.29 is 52.7 Å². The molecule has 3 nitrogen and oxygen atoms in total. The van der Waals surface area contributed by atoms with E-state index in [9.17, 15) is 57.9 Å². The van der Waals surface area contributed by atoms with Crippen molar-refractivity contribution in [3.05, 3.63) is 143 Å². The molecule has 0 fully saturated rings. The molecule has 7 aromatic rings. The number of halogens is 12. The molecule has 0 N–H and O–H groups in total. The van der Waals surface area contributed by atoms with Gasteiger partial charge < -0.3 is 4.57 Å². The van der Waals surface area contributed by atoms with Gasteiger partial charge in [-0.05, 0) is 131 Å². The Morgan fingerprint density at radius 2 is 0.893 bits per heavy atom. The van der Waals surface area contributed by atoms with E-state index >= 15 is 0 Å². The van der Waals surface area contributed by atoms with Crippen LogP contribution in [0.4, 0.5) is 52.7 Å². The highest BCUT2D eigenvalue weighted by Gasteiger charge is 2.38. The number of aryl methyl sites for hydroxylation is 1. The van der Waals surface area contributed by atoms with E-state index in [4.69, 9.17) is 0 Å². The molecule has 5 aromatic carbocycles. The van der Waals surface area contributed by atoms with Gasteiger partial charge in [-0.3, -0.25) is 4.98 Å². The van der Waals surface area contributed by atoms with Gasteiger partial charge in [0.1, 0.15) is 0 Å². The SMILES string of the molecule is Cc1cc(-c2ccncc2)c(C#N)cc1-n1c2ccc(-c3cc(C(F)(F)F)cc(C(F)(F)F)c3)cc2c2cc(-c3cc(C(F)(F)F)cc(C(F)(F)F)c3)ccc21. The number of nitriles is 1. The first-order valence-corrected chi connectivity index (χ1v) is 16.3. The first-order valence-electron chi connectivity index (χ1n) is 16.3. The minimum Gasteiger partial charge on any atom is -0.309 e. The van der Waals surface area contributed by atoms with Crippen molar-refractivity contribution >= 4 is 21.8 Å². The van der Waals surface area contributed by atoms with E-state index in [2.05, 4.69) is 11.1 Å². The molecule has 0 saturated heterocycles. The minimum absolute atomic E-state index is 0.0182. The van der Waals surface area contributed by atoms with Gasteiger partial charge in [0, 0.05) is 23.2 Å². The van der Waals surface area contributed by atoms with Crippen LogP contribution < -0.4 is 0 Å². The third kappa shape index (κ3) is 7.02. The number of hydrogen-bond donors (Lipinski definition) is 0. The Morgan fingerprint density at radius 1 is 0.482 bits per heavy atom. The summed E-state index contributed by atoms with van der Waals surface area (Å²) in [6.07, 6.45) is -17.5. The third-order valence-corrected chi connectivity index (χ3v) is 9.30. The lowest BCUT2D eigenvalue weighted by atomic mass is 9.96. The lowest BCUT2D eigenvalue weighted by Crippen LogP contribution is -2.11. The largest absolute Gasteiger partial charge is 0.416 e. The Bertz CT molecular complexity index is 2510. The zero-order valence-corrected chi connectivity index (χ0v) is 28.3. The maximum atomic E-state index is 13.8. The Hall–Kier alpha value is -6.30. The van der Waals surface area contributed by atoms with E-state index in [0.29, 0.717) is 57.7 Å². The molecule has 0 saturated carbocycles. The van der Waals surface area contributed by atoms with Gasteiger partial charge in [0.25, 0.3) is 0 Å². The molecule has 0 aliphatic rings. The summed E-state index contributed by atoms with van der Waals surface area (Å²) in [6, 6.07) is 19.0. The van der Waals surface area contributed by atoms with Crippen LogP contribution in [0.1, 0.15) is 33.4 Å². The monoisotopic (exact) mass is 783 g/mol. The maximum absolute atomic E-state index is 13.8. The average molecular weight is 784 g/mol. The van der Waals surface area contributed by atoms with Crippen LogP contribution >= 0.6 is 0 Å². The first kappa shape index (κ1) is 38.0. The van der Waals surface area contributed by atoms with E-state index in [0.717, 1.165) is 0 Å². The van der Waals surface area contributed by atoms with E-state index < -0.39 is 58.1 Å². The predicted molar refractivity (Wildman–Crippen MR) is 184 cm³/mol. The van der Waals surface area contributed by atoms with Gasteiger partial charge >= 0.3 is 24.7 Å². The molecule has 284 valence electrons. The van der Waals surface area contributed by atoms with E-state index in [1.807, 2.05) is 0 Å². The number of fused-ring (bicyclic) bond motifs is 3. The molecule has 0 aliphatic carbocycles. The molecule has 0 atom stereocenters. The van der Waals surface area contributed by atoms with Crippen LogP contribution in [0, 0.1) is 18.3 Å². The molecule has 0 bridgehead atoms. The normalized spacial score (nSPS) is 12.7. The van der Waals surface area contributed by atoms with Gasteiger partial charge in [-0.1, -0.05) is 12.1 Å². The Kier molecular flexibility index (Phi) is 8.94. The fourth-order valence-electron chi connectivity index (χ4n) is 6.69. The molecule has 15 heteroatoms. The Morgan fingerprint density at radius 3 is 1.27 bits per heavy atom. The highest BCUT2D eigenvalue weighted by Crippen LogP contribution is 2.44. The van der Waals surface area contributed by atoms with Crippen molar-refractivity contribution in [1.29, 1.82) is 5.26 Å². The van der Waals surface area contributed by atoms with Crippen LogP contribution in [-0.4, -0.2) is 9.55 Å². The lowest BCUT2D eigenvalue weighted by molar-refractivity contribution is -0.144. The molecule has 0 unspecified atom stereocenters. The molecular weight excluding hydrogens is 762 g/mol. The first-order chi connectivity index (χ1) is 26.1. The molecule has 0 aliphatic heterocycles. The van der Waals surface area contributed by atoms with Gasteiger partial charge in [0.2, 0.25) is 0 Å². The van der Waals surface area contributed by atoms with E-state index in [1.165, 1.54) is 48.8 Å². The highest BCUT2D eigenvalue weighted by atomic mass is 19.4. The number of alkyl halides is 12. The average Bonchev–Trinajstić information content (AvgIpc) is 3.46. The summed E-state index contributed by atoms with van der Waals surface area (Å²) in [4.78, 5) is 3.99. The summed E-state index contributed by atoms with van der Waals surface area (Å²) in [5, 5.41) is 10.5. The van der Waals surface area contributed by atoms with Crippen LogP contribution in [0.2, 0.25) is 0 Å². The smallest absolute Gasteiger partial charge is 0.309 e. The van der Waals surface area contributed by atoms with E-state index in [-0.39, 0.29) is 39.6 Å².